The Bertz CT molecular complexity index is 851. The van der Waals surface area contributed by atoms with Crippen molar-refractivity contribution in [3.63, 3.8) is 0 Å². The predicted octanol–water partition coefficient (Wildman–Crippen LogP) is 2.83. The summed E-state index contributed by atoms with van der Waals surface area (Å²) in [4.78, 5) is 28.1. The van der Waals surface area contributed by atoms with Crippen molar-refractivity contribution in [1.82, 2.24) is 19.6 Å². The molecule has 0 atom stereocenters. The van der Waals surface area contributed by atoms with Gasteiger partial charge in [-0.15, -0.1) is 0 Å². The van der Waals surface area contributed by atoms with E-state index in [0.29, 0.717) is 37.4 Å². The lowest BCUT2D eigenvalue weighted by molar-refractivity contribution is -0.141. The van der Waals surface area contributed by atoms with E-state index < -0.39 is 11.9 Å². The van der Waals surface area contributed by atoms with E-state index in [9.17, 15) is 22.8 Å². The molecular weight excluding hydrogens is 373 g/mol. The number of amides is 2. The molecule has 1 aromatic heterocycles. The van der Waals surface area contributed by atoms with Gasteiger partial charge in [0.1, 0.15) is 0 Å². The summed E-state index contributed by atoms with van der Waals surface area (Å²) in [6.07, 6.45) is -3.27. The first kappa shape index (κ1) is 19.9. The number of halogens is 3. The zero-order valence-corrected chi connectivity index (χ0v) is 15.6. The Labute approximate surface area is 160 Å². The monoisotopic (exact) mass is 394 g/mol. The SMILES string of the molecule is CC(C)C(=O)N1CCN(C(=O)c2ccc(-n3ccc(C(F)(F)F)n3)cc2)CC1. The summed E-state index contributed by atoms with van der Waals surface area (Å²) >= 11 is 0. The Balaban J connectivity index is 1.65. The summed E-state index contributed by atoms with van der Waals surface area (Å²) in [5.74, 6) is -0.163. The molecule has 0 bridgehead atoms. The summed E-state index contributed by atoms with van der Waals surface area (Å²) in [6.45, 7) is 5.58. The van der Waals surface area contributed by atoms with Crippen molar-refractivity contribution in [3.05, 3.63) is 47.8 Å². The molecule has 0 radical (unpaired) electrons. The van der Waals surface area contributed by atoms with Crippen molar-refractivity contribution < 1.29 is 22.8 Å². The molecule has 2 heterocycles. The molecule has 0 aliphatic carbocycles. The van der Waals surface area contributed by atoms with Crippen LogP contribution in [0.2, 0.25) is 0 Å². The van der Waals surface area contributed by atoms with Crippen molar-refractivity contribution in [2.45, 2.75) is 20.0 Å². The fraction of sp³-hybridized carbons (Fsp3) is 0.421. The first-order chi connectivity index (χ1) is 13.2. The molecule has 0 N–H and O–H groups in total. The third-order valence-corrected chi connectivity index (χ3v) is 4.63. The van der Waals surface area contributed by atoms with Gasteiger partial charge in [-0.3, -0.25) is 9.59 Å². The molecular formula is C19H21F3N4O2. The molecule has 1 saturated heterocycles. The molecule has 2 aromatic rings. The lowest BCUT2D eigenvalue weighted by atomic mass is 10.1. The quantitative estimate of drug-likeness (QED) is 0.805. The highest BCUT2D eigenvalue weighted by atomic mass is 19.4. The van der Waals surface area contributed by atoms with Crippen molar-refractivity contribution in [2.75, 3.05) is 26.2 Å². The lowest BCUT2D eigenvalue weighted by Crippen LogP contribution is -2.51. The van der Waals surface area contributed by atoms with E-state index in [4.69, 9.17) is 0 Å². The molecule has 1 aliphatic heterocycles. The Hall–Kier alpha value is -2.84. The fourth-order valence-corrected chi connectivity index (χ4v) is 3.05. The van der Waals surface area contributed by atoms with E-state index in [1.165, 1.54) is 6.20 Å². The second-order valence-electron chi connectivity index (χ2n) is 6.96. The number of nitrogens with zero attached hydrogens (tertiary/aromatic N) is 4. The van der Waals surface area contributed by atoms with Crippen LogP contribution in [0, 0.1) is 5.92 Å². The maximum atomic E-state index is 12.7. The largest absolute Gasteiger partial charge is 0.435 e. The molecule has 1 fully saturated rings. The van der Waals surface area contributed by atoms with Gasteiger partial charge in [0.05, 0.1) is 5.69 Å². The predicted molar refractivity (Wildman–Crippen MR) is 95.9 cm³/mol. The van der Waals surface area contributed by atoms with Gasteiger partial charge in [-0.2, -0.15) is 18.3 Å². The molecule has 0 saturated carbocycles. The third kappa shape index (κ3) is 4.18. The molecule has 2 amide bonds. The minimum atomic E-state index is -4.50. The van der Waals surface area contributed by atoms with E-state index in [1.807, 2.05) is 13.8 Å². The number of aromatic nitrogens is 2. The van der Waals surface area contributed by atoms with E-state index in [1.54, 1.807) is 34.1 Å². The van der Waals surface area contributed by atoms with Gasteiger partial charge in [0.15, 0.2) is 5.69 Å². The average molecular weight is 394 g/mol. The maximum absolute atomic E-state index is 12.7. The van der Waals surface area contributed by atoms with Crippen LogP contribution < -0.4 is 0 Å². The number of rotatable bonds is 3. The van der Waals surface area contributed by atoms with Gasteiger partial charge in [-0.25, -0.2) is 4.68 Å². The molecule has 0 spiro atoms. The molecule has 0 unspecified atom stereocenters. The highest BCUT2D eigenvalue weighted by Gasteiger charge is 2.33. The van der Waals surface area contributed by atoms with E-state index in [-0.39, 0.29) is 17.7 Å². The van der Waals surface area contributed by atoms with Gasteiger partial charge in [0, 0.05) is 43.9 Å². The molecule has 28 heavy (non-hydrogen) atoms. The van der Waals surface area contributed by atoms with Gasteiger partial charge in [-0.1, -0.05) is 13.8 Å². The zero-order valence-electron chi connectivity index (χ0n) is 15.6. The van der Waals surface area contributed by atoms with Gasteiger partial charge in [-0.05, 0) is 30.3 Å². The van der Waals surface area contributed by atoms with Gasteiger partial charge in [0.25, 0.3) is 5.91 Å². The number of hydrogen-bond donors (Lipinski definition) is 0. The van der Waals surface area contributed by atoms with Crippen LogP contribution in [0.4, 0.5) is 13.2 Å². The van der Waals surface area contributed by atoms with Crippen molar-refractivity contribution >= 4 is 11.8 Å². The summed E-state index contributed by atoms with van der Waals surface area (Å²) in [5.41, 5.74) is -0.101. The minimum Gasteiger partial charge on any atom is -0.339 e. The van der Waals surface area contributed by atoms with Crippen LogP contribution in [-0.4, -0.2) is 57.6 Å². The van der Waals surface area contributed by atoms with E-state index >= 15 is 0 Å². The first-order valence-corrected chi connectivity index (χ1v) is 8.98. The van der Waals surface area contributed by atoms with Gasteiger partial charge in [0.2, 0.25) is 5.91 Å². The van der Waals surface area contributed by atoms with Gasteiger partial charge >= 0.3 is 6.18 Å². The number of alkyl halides is 3. The lowest BCUT2D eigenvalue weighted by Gasteiger charge is -2.35. The Morgan fingerprint density at radius 3 is 2.04 bits per heavy atom. The summed E-state index contributed by atoms with van der Waals surface area (Å²) in [5, 5.41) is 3.51. The third-order valence-electron chi connectivity index (χ3n) is 4.63. The van der Waals surface area contributed by atoms with E-state index in [2.05, 4.69) is 5.10 Å². The van der Waals surface area contributed by atoms with Crippen molar-refractivity contribution in [1.29, 1.82) is 0 Å². The van der Waals surface area contributed by atoms with Crippen LogP contribution in [0.5, 0.6) is 0 Å². The number of carbonyl (C=O) groups excluding carboxylic acids is 2. The Morgan fingerprint density at radius 1 is 0.964 bits per heavy atom. The van der Waals surface area contributed by atoms with Crippen LogP contribution in [0.3, 0.4) is 0 Å². The first-order valence-electron chi connectivity index (χ1n) is 8.98. The van der Waals surface area contributed by atoms with Crippen LogP contribution in [0.25, 0.3) is 5.69 Å². The van der Waals surface area contributed by atoms with Crippen LogP contribution in [-0.2, 0) is 11.0 Å². The minimum absolute atomic E-state index is 0.0741. The maximum Gasteiger partial charge on any atom is 0.435 e. The number of carbonyl (C=O) groups is 2. The molecule has 1 aromatic carbocycles. The van der Waals surface area contributed by atoms with Gasteiger partial charge < -0.3 is 9.80 Å². The van der Waals surface area contributed by atoms with Crippen LogP contribution in [0.15, 0.2) is 36.5 Å². The van der Waals surface area contributed by atoms with Crippen molar-refractivity contribution in [3.8, 4) is 5.69 Å². The Morgan fingerprint density at radius 2 is 1.54 bits per heavy atom. The number of benzene rings is 1. The topological polar surface area (TPSA) is 58.4 Å². The zero-order chi connectivity index (χ0) is 20.5. The van der Waals surface area contributed by atoms with Crippen molar-refractivity contribution in [2.24, 2.45) is 5.92 Å². The average Bonchev–Trinajstić information content (AvgIpc) is 3.18. The second-order valence-corrected chi connectivity index (χ2v) is 6.96. The molecule has 150 valence electrons. The van der Waals surface area contributed by atoms with Crippen LogP contribution >= 0.6 is 0 Å². The normalized spacial score (nSPS) is 15.2. The number of piperazine rings is 1. The van der Waals surface area contributed by atoms with Crippen LogP contribution in [0.1, 0.15) is 29.9 Å². The highest BCUT2D eigenvalue weighted by molar-refractivity contribution is 5.94. The Kier molecular flexibility index (Phi) is 5.44. The standard InChI is InChI=1S/C19H21F3N4O2/c1-13(2)17(27)24-9-11-25(12-10-24)18(28)14-3-5-15(6-4-14)26-8-7-16(23-26)19(20,21)22/h3-8,13H,9-12H2,1-2H3. The summed E-state index contributed by atoms with van der Waals surface area (Å²) < 4.78 is 39.1. The summed E-state index contributed by atoms with van der Waals surface area (Å²) in [6, 6.07) is 7.14. The highest BCUT2D eigenvalue weighted by Crippen LogP contribution is 2.28. The fourth-order valence-electron chi connectivity index (χ4n) is 3.05. The molecule has 3 rings (SSSR count). The molecule has 9 heteroatoms. The number of hydrogen-bond acceptors (Lipinski definition) is 3. The molecule has 6 nitrogen and oxygen atoms in total. The second kappa shape index (κ2) is 7.65. The molecule has 1 aliphatic rings. The summed E-state index contributed by atoms with van der Waals surface area (Å²) in [7, 11) is 0. The smallest absolute Gasteiger partial charge is 0.339 e. The van der Waals surface area contributed by atoms with E-state index in [0.717, 1.165) is 10.7 Å².